The smallest absolute Gasteiger partial charge is 0.256 e. The van der Waals surface area contributed by atoms with Crippen molar-refractivity contribution in [2.75, 3.05) is 18.5 Å². The van der Waals surface area contributed by atoms with Crippen molar-refractivity contribution >= 4 is 11.6 Å². The Morgan fingerprint density at radius 1 is 1.44 bits per heavy atom. The van der Waals surface area contributed by atoms with Crippen molar-refractivity contribution in [2.24, 2.45) is 5.73 Å². The van der Waals surface area contributed by atoms with E-state index in [0.717, 1.165) is 11.3 Å². The van der Waals surface area contributed by atoms with E-state index in [-0.39, 0.29) is 12.5 Å². The molecule has 0 aliphatic rings. The largest absolute Gasteiger partial charge is 0.382 e. The molecule has 1 unspecified atom stereocenters. The van der Waals surface area contributed by atoms with Gasteiger partial charge in [-0.25, -0.2) is 0 Å². The number of carbonyl (C=O) groups excluding carboxylic acids is 1. The number of aliphatic hydroxyl groups is 1. The first-order chi connectivity index (χ1) is 7.47. The third-order valence-electron chi connectivity index (χ3n) is 2.72. The molecule has 0 bridgehead atoms. The highest BCUT2D eigenvalue weighted by molar-refractivity contribution is 5.96. The van der Waals surface area contributed by atoms with Crippen molar-refractivity contribution in [3.05, 3.63) is 29.3 Å². The molecule has 1 rings (SSSR count). The van der Waals surface area contributed by atoms with Crippen LogP contribution in [0.3, 0.4) is 0 Å². The van der Waals surface area contributed by atoms with Gasteiger partial charge in [-0.3, -0.25) is 4.79 Å². The number of rotatable bonds is 3. The van der Waals surface area contributed by atoms with Gasteiger partial charge in [0, 0.05) is 19.3 Å². The van der Waals surface area contributed by atoms with Crippen LogP contribution in [0.4, 0.5) is 5.69 Å². The van der Waals surface area contributed by atoms with Crippen LogP contribution < -0.4 is 10.6 Å². The molecule has 4 nitrogen and oxygen atoms in total. The molecule has 16 heavy (non-hydrogen) atoms. The minimum atomic E-state index is -1.13. The highest BCUT2D eigenvalue weighted by atomic mass is 16.3. The van der Waals surface area contributed by atoms with E-state index in [0.29, 0.717) is 0 Å². The third kappa shape index (κ3) is 2.59. The van der Waals surface area contributed by atoms with Crippen LogP contribution in [-0.4, -0.2) is 30.7 Å². The number of aliphatic hydroxyl groups excluding tert-OH is 1. The number of aryl methyl sites for hydroxylation is 2. The Kier molecular flexibility index (Phi) is 4.04. The molecule has 0 aliphatic carbocycles. The summed E-state index contributed by atoms with van der Waals surface area (Å²) in [4.78, 5) is 13.1. The third-order valence-corrected chi connectivity index (χ3v) is 2.72. The van der Waals surface area contributed by atoms with E-state index >= 15 is 0 Å². The summed E-state index contributed by atoms with van der Waals surface area (Å²) in [5, 5.41) is 9.37. The minimum absolute atomic E-state index is 0.0615. The van der Waals surface area contributed by atoms with Crippen molar-refractivity contribution in [3.8, 4) is 0 Å². The summed E-state index contributed by atoms with van der Waals surface area (Å²) < 4.78 is 0. The fourth-order valence-electron chi connectivity index (χ4n) is 1.39. The zero-order valence-electron chi connectivity index (χ0n) is 9.90. The lowest BCUT2D eigenvalue weighted by atomic mass is 10.1. The van der Waals surface area contributed by atoms with E-state index < -0.39 is 6.10 Å². The molecule has 1 aromatic rings. The number of nitrogens with zero attached hydrogens (tertiary/aromatic N) is 1. The molecule has 1 aromatic carbocycles. The quantitative estimate of drug-likeness (QED) is 0.786. The van der Waals surface area contributed by atoms with Crippen LogP contribution in [0.5, 0.6) is 0 Å². The number of carbonyl (C=O) groups is 1. The zero-order chi connectivity index (χ0) is 12.3. The maximum Gasteiger partial charge on any atom is 0.256 e. The maximum atomic E-state index is 11.7. The predicted octanol–water partition coefficient (Wildman–Crippen LogP) is 0.586. The van der Waals surface area contributed by atoms with Crippen LogP contribution in [-0.2, 0) is 4.79 Å². The minimum Gasteiger partial charge on any atom is -0.382 e. The molecule has 0 spiro atoms. The van der Waals surface area contributed by atoms with Gasteiger partial charge in [-0.05, 0) is 37.1 Å². The van der Waals surface area contributed by atoms with Gasteiger partial charge in [0.25, 0.3) is 5.91 Å². The normalized spacial score (nSPS) is 12.3. The molecule has 0 radical (unpaired) electrons. The summed E-state index contributed by atoms with van der Waals surface area (Å²) in [6, 6.07) is 5.71. The Balaban J connectivity index is 2.92. The fourth-order valence-corrected chi connectivity index (χ4v) is 1.39. The molecule has 0 saturated carbocycles. The summed E-state index contributed by atoms with van der Waals surface area (Å²) in [6.45, 7) is 3.93. The number of benzene rings is 1. The van der Waals surface area contributed by atoms with Crippen LogP contribution >= 0.6 is 0 Å². The Morgan fingerprint density at radius 3 is 2.56 bits per heavy atom. The number of likely N-dealkylation sites (N-methyl/N-ethyl adjacent to an activating group) is 1. The van der Waals surface area contributed by atoms with Crippen molar-refractivity contribution in [3.63, 3.8) is 0 Å². The van der Waals surface area contributed by atoms with Gasteiger partial charge in [0.05, 0.1) is 0 Å². The monoisotopic (exact) mass is 222 g/mol. The summed E-state index contributed by atoms with van der Waals surface area (Å²) in [7, 11) is 1.63. The number of hydrogen-bond acceptors (Lipinski definition) is 3. The van der Waals surface area contributed by atoms with Gasteiger partial charge in [-0.2, -0.15) is 0 Å². The Labute approximate surface area is 95.7 Å². The highest BCUT2D eigenvalue weighted by Crippen LogP contribution is 2.18. The molecule has 0 fully saturated rings. The average molecular weight is 222 g/mol. The second-order valence-electron chi connectivity index (χ2n) is 3.92. The molecule has 1 amide bonds. The van der Waals surface area contributed by atoms with Gasteiger partial charge in [0.1, 0.15) is 6.10 Å². The Bertz CT molecular complexity index is 391. The zero-order valence-corrected chi connectivity index (χ0v) is 9.90. The van der Waals surface area contributed by atoms with Crippen LogP contribution in [0.25, 0.3) is 0 Å². The standard InChI is InChI=1S/C12H18N2O2/c1-8-4-5-10(6-9(8)2)14(3)12(16)11(15)7-13/h4-6,11,15H,7,13H2,1-3H3. The van der Waals surface area contributed by atoms with E-state index in [1.807, 2.05) is 32.0 Å². The lowest BCUT2D eigenvalue weighted by Gasteiger charge is -2.20. The summed E-state index contributed by atoms with van der Waals surface area (Å²) in [5.74, 6) is -0.384. The van der Waals surface area contributed by atoms with Crippen molar-refractivity contribution in [2.45, 2.75) is 20.0 Å². The maximum absolute atomic E-state index is 11.7. The molecule has 88 valence electrons. The van der Waals surface area contributed by atoms with Gasteiger partial charge in [-0.15, -0.1) is 0 Å². The van der Waals surface area contributed by atoms with Gasteiger partial charge in [0.15, 0.2) is 0 Å². The lowest BCUT2D eigenvalue weighted by Crippen LogP contribution is -2.40. The topological polar surface area (TPSA) is 66.6 Å². The average Bonchev–Trinajstić information content (AvgIpc) is 2.29. The molecular formula is C12H18N2O2. The van der Waals surface area contributed by atoms with Crippen molar-refractivity contribution < 1.29 is 9.90 Å². The van der Waals surface area contributed by atoms with Crippen LogP contribution in [0.2, 0.25) is 0 Å². The van der Waals surface area contributed by atoms with E-state index in [2.05, 4.69) is 0 Å². The molecular weight excluding hydrogens is 204 g/mol. The number of nitrogens with two attached hydrogens (primary N) is 1. The summed E-state index contributed by atoms with van der Waals surface area (Å²) in [5.41, 5.74) is 8.29. The SMILES string of the molecule is Cc1ccc(N(C)C(=O)C(O)CN)cc1C. The first kappa shape index (κ1) is 12.7. The number of anilines is 1. The van der Waals surface area contributed by atoms with Crippen molar-refractivity contribution in [1.29, 1.82) is 0 Å². The summed E-state index contributed by atoms with van der Waals surface area (Å²) in [6.07, 6.45) is -1.13. The number of amides is 1. The van der Waals surface area contributed by atoms with E-state index in [9.17, 15) is 9.90 Å². The molecule has 4 heteroatoms. The van der Waals surface area contributed by atoms with E-state index in [4.69, 9.17) is 5.73 Å². The van der Waals surface area contributed by atoms with Gasteiger partial charge >= 0.3 is 0 Å². The van der Waals surface area contributed by atoms with Crippen LogP contribution in [0.1, 0.15) is 11.1 Å². The van der Waals surface area contributed by atoms with Gasteiger partial charge < -0.3 is 15.7 Å². The van der Waals surface area contributed by atoms with Crippen molar-refractivity contribution in [1.82, 2.24) is 0 Å². The van der Waals surface area contributed by atoms with Gasteiger partial charge in [-0.1, -0.05) is 6.07 Å². The van der Waals surface area contributed by atoms with E-state index in [1.54, 1.807) is 7.05 Å². The highest BCUT2D eigenvalue weighted by Gasteiger charge is 2.18. The molecule has 0 aliphatic heterocycles. The first-order valence-electron chi connectivity index (χ1n) is 5.20. The first-order valence-corrected chi connectivity index (χ1v) is 5.20. The van der Waals surface area contributed by atoms with E-state index in [1.165, 1.54) is 10.5 Å². The second-order valence-corrected chi connectivity index (χ2v) is 3.92. The Hall–Kier alpha value is -1.39. The number of hydrogen-bond donors (Lipinski definition) is 2. The molecule has 3 N–H and O–H groups in total. The van der Waals surface area contributed by atoms with Crippen LogP contribution in [0.15, 0.2) is 18.2 Å². The molecule has 1 atom stereocenters. The Morgan fingerprint density at radius 2 is 2.06 bits per heavy atom. The van der Waals surface area contributed by atoms with Crippen LogP contribution in [0, 0.1) is 13.8 Å². The molecule has 0 saturated heterocycles. The molecule has 0 aromatic heterocycles. The lowest BCUT2D eigenvalue weighted by molar-refractivity contribution is -0.125. The predicted molar refractivity (Wildman–Crippen MR) is 64.4 cm³/mol. The fraction of sp³-hybridized carbons (Fsp3) is 0.417. The second kappa shape index (κ2) is 5.09. The molecule has 0 heterocycles. The van der Waals surface area contributed by atoms with Gasteiger partial charge in [0.2, 0.25) is 0 Å². The summed E-state index contributed by atoms with van der Waals surface area (Å²) >= 11 is 0.